The summed E-state index contributed by atoms with van der Waals surface area (Å²) >= 11 is -2.03. The van der Waals surface area contributed by atoms with Crippen molar-refractivity contribution in [2.75, 3.05) is 0 Å². The van der Waals surface area contributed by atoms with Crippen LogP contribution in [0.1, 0.15) is 17.3 Å². The molecule has 0 N–H and O–H groups in total. The van der Waals surface area contributed by atoms with Gasteiger partial charge in [-0.2, -0.15) is 0 Å². The van der Waals surface area contributed by atoms with Crippen molar-refractivity contribution in [2.45, 2.75) is 10.9 Å². The van der Waals surface area contributed by atoms with E-state index in [0.717, 1.165) is 0 Å². The fourth-order valence-corrected chi connectivity index (χ4v) is 3.54. The predicted molar refractivity (Wildman–Crippen MR) is 62.3 cm³/mol. The van der Waals surface area contributed by atoms with E-state index in [2.05, 4.69) is 0 Å². The molecule has 0 amide bonds. The van der Waals surface area contributed by atoms with Gasteiger partial charge in [0.2, 0.25) is 0 Å². The molecular weight excluding hydrogens is 479 g/mol. The summed E-state index contributed by atoms with van der Waals surface area (Å²) in [6.07, 6.45) is 0. The number of nitrogens with zero attached hydrogens (tertiary/aromatic N) is 3. The van der Waals surface area contributed by atoms with Crippen molar-refractivity contribution >= 4 is 23.0 Å². The molecule has 0 radical (unpaired) electrons. The van der Waals surface area contributed by atoms with Gasteiger partial charge in [-0.3, -0.25) is 0 Å². The van der Waals surface area contributed by atoms with E-state index in [1.807, 2.05) is 0 Å². The van der Waals surface area contributed by atoms with Gasteiger partial charge in [0, 0.05) is 0 Å². The number of non-ortho nitro benzene ring substituents is 1. The Morgan fingerprint density at radius 2 is 1.57 bits per heavy atom. The first-order valence-electron chi connectivity index (χ1n) is 5.57. The Balaban J connectivity index is 3.57. The fourth-order valence-electron chi connectivity index (χ4n) is 1.47. The van der Waals surface area contributed by atoms with Crippen molar-refractivity contribution in [1.82, 2.24) is 0 Å². The molecule has 0 aromatic heterocycles. The van der Waals surface area contributed by atoms with Gasteiger partial charge in [0.15, 0.2) is 0 Å². The van der Waals surface area contributed by atoms with Crippen LogP contribution in [0, 0.1) is 30.3 Å². The van der Waals surface area contributed by atoms with Crippen LogP contribution in [-0.4, -0.2) is 20.7 Å². The molecule has 0 spiro atoms. The third-order valence-electron chi connectivity index (χ3n) is 2.33. The first kappa shape index (κ1) is 16.9. The molecule has 0 saturated carbocycles. The van der Waals surface area contributed by atoms with Crippen LogP contribution in [0.3, 0.4) is 0 Å². The standard InChI is InChI=1S/C7H3N3O8.C2H5.Hg/c11-7(12)6-4(9(15)16)1-3(8(13)14)2-5(6)10(17)18;1-2;/h1-2H,(H,11,12);1H2,2H3;/q;;+1/p-1. The normalized spacial score (nSPS) is 9.57. The molecule has 0 aliphatic heterocycles. The molecule has 108 valence electrons. The molecule has 0 aliphatic carbocycles. The number of carbonyl (C=O) groups excluding carboxylic acids is 1. The second-order valence-electron chi connectivity index (χ2n) is 3.77. The summed E-state index contributed by atoms with van der Waals surface area (Å²) in [5, 5.41) is 32.5. The summed E-state index contributed by atoms with van der Waals surface area (Å²) in [6, 6.07) is 1.01. The van der Waals surface area contributed by atoms with Crippen molar-refractivity contribution in [2.24, 2.45) is 0 Å². The Hall–Kier alpha value is -2.17. The van der Waals surface area contributed by atoms with Crippen LogP contribution in [0.5, 0.6) is 0 Å². The monoisotopic (exact) mass is 487 g/mol. The van der Waals surface area contributed by atoms with E-state index >= 15 is 0 Å². The van der Waals surface area contributed by atoms with E-state index in [1.54, 1.807) is 6.92 Å². The SMILES string of the molecule is C[CH2][Hg][O]C(=O)c1c([N+](=O)[O-])cc([N+](=O)[O-])cc1[N+](=O)[O-]. The van der Waals surface area contributed by atoms with Crippen molar-refractivity contribution in [3.05, 3.63) is 48.0 Å². The zero-order chi connectivity index (χ0) is 16.2. The average molecular weight is 486 g/mol. The minimum absolute atomic E-state index is 0.506. The van der Waals surface area contributed by atoms with Crippen LogP contribution in [0.15, 0.2) is 12.1 Å². The maximum atomic E-state index is 11.8. The summed E-state index contributed by atoms with van der Waals surface area (Å²) in [6.45, 7) is 1.76. The van der Waals surface area contributed by atoms with E-state index in [9.17, 15) is 35.1 Å². The molecule has 11 nitrogen and oxygen atoms in total. The number of benzene rings is 1. The van der Waals surface area contributed by atoms with Crippen molar-refractivity contribution < 1.29 is 47.2 Å². The average Bonchev–Trinajstić information content (AvgIpc) is 2.42. The topological polar surface area (TPSA) is 156 Å². The summed E-state index contributed by atoms with van der Waals surface area (Å²) in [4.78, 5) is 41.1. The third kappa shape index (κ3) is 3.90. The third-order valence-corrected chi connectivity index (χ3v) is 5.73. The first-order chi connectivity index (χ1) is 9.79. The molecule has 1 rings (SSSR count). The molecule has 0 aliphatic rings. The van der Waals surface area contributed by atoms with E-state index in [1.165, 1.54) is 0 Å². The number of nitro benzene ring substituents is 3. The Morgan fingerprint density at radius 3 is 1.90 bits per heavy atom. The zero-order valence-electron chi connectivity index (χ0n) is 10.7. The van der Waals surface area contributed by atoms with Gasteiger partial charge in [-0.25, -0.2) is 0 Å². The molecular formula is C9H7HgN3O8. The molecule has 1 aromatic rings. The predicted octanol–water partition coefficient (Wildman–Crippen LogP) is 2.00. The van der Waals surface area contributed by atoms with Gasteiger partial charge in [0.05, 0.1) is 0 Å². The van der Waals surface area contributed by atoms with Crippen LogP contribution >= 0.6 is 0 Å². The summed E-state index contributed by atoms with van der Waals surface area (Å²) in [5.74, 6) is -1.17. The number of carbonyl (C=O) groups is 1. The second-order valence-corrected chi connectivity index (χ2v) is 10.4. The van der Waals surface area contributed by atoms with E-state index in [0.29, 0.717) is 16.1 Å². The Bertz CT molecular complexity index is 596. The number of hydrogen-bond donors (Lipinski definition) is 0. The molecule has 21 heavy (non-hydrogen) atoms. The van der Waals surface area contributed by atoms with Crippen molar-refractivity contribution in [3.63, 3.8) is 0 Å². The molecule has 0 fully saturated rings. The van der Waals surface area contributed by atoms with Crippen LogP contribution in [0.25, 0.3) is 0 Å². The Kier molecular flexibility index (Phi) is 5.64. The zero-order valence-corrected chi connectivity index (χ0v) is 16.2. The minimum atomic E-state index is -2.03. The van der Waals surface area contributed by atoms with E-state index < -0.39 is 68.4 Å². The van der Waals surface area contributed by atoms with Gasteiger partial charge < -0.3 is 0 Å². The molecule has 1 aromatic carbocycles. The molecule has 0 bridgehead atoms. The van der Waals surface area contributed by atoms with Gasteiger partial charge in [0.25, 0.3) is 0 Å². The fraction of sp³-hybridized carbons (Fsp3) is 0.222. The molecule has 0 atom stereocenters. The van der Waals surface area contributed by atoms with Gasteiger partial charge in [-0.15, -0.1) is 0 Å². The second kappa shape index (κ2) is 7.01. The summed E-state index contributed by atoms with van der Waals surface area (Å²) in [5.41, 5.74) is -3.72. The van der Waals surface area contributed by atoms with E-state index in [-0.39, 0.29) is 0 Å². The van der Waals surface area contributed by atoms with Gasteiger partial charge >= 0.3 is 129 Å². The molecule has 12 heteroatoms. The first-order valence-corrected chi connectivity index (χ1v) is 11.7. The van der Waals surface area contributed by atoms with Crippen LogP contribution < -0.4 is 0 Å². The Labute approximate surface area is 129 Å². The molecule has 0 heterocycles. The quantitative estimate of drug-likeness (QED) is 0.336. The maximum absolute atomic E-state index is 11.8. The van der Waals surface area contributed by atoms with E-state index in [4.69, 9.17) is 2.64 Å². The van der Waals surface area contributed by atoms with Gasteiger partial charge in [-0.1, -0.05) is 0 Å². The number of rotatable bonds is 6. The van der Waals surface area contributed by atoms with Gasteiger partial charge in [0.1, 0.15) is 0 Å². The van der Waals surface area contributed by atoms with Gasteiger partial charge in [-0.05, 0) is 0 Å². The van der Waals surface area contributed by atoms with Crippen LogP contribution in [0.2, 0.25) is 3.93 Å². The Morgan fingerprint density at radius 1 is 1.10 bits per heavy atom. The summed E-state index contributed by atoms with van der Waals surface area (Å²) < 4.78 is 5.49. The number of nitro groups is 3. The van der Waals surface area contributed by atoms with Crippen molar-refractivity contribution in [3.8, 4) is 0 Å². The summed E-state index contributed by atoms with van der Waals surface area (Å²) in [7, 11) is 0. The molecule has 0 unspecified atom stereocenters. The van der Waals surface area contributed by atoms with Crippen LogP contribution in [0.4, 0.5) is 17.1 Å². The van der Waals surface area contributed by atoms with Crippen molar-refractivity contribution in [1.29, 1.82) is 0 Å². The molecule has 0 saturated heterocycles. The van der Waals surface area contributed by atoms with Crippen LogP contribution in [-0.2, 0) is 27.7 Å². The number of hydrogen-bond acceptors (Lipinski definition) is 8.